The molecule has 1 heterocycles. The van der Waals surface area contributed by atoms with E-state index >= 15 is 0 Å². The number of aryl methyl sites for hydroxylation is 1. The minimum Gasteiger partial charge on any atom is -0.321 e. The molecule has 1 N–H and O–H groups in total. The van der Waals surface area contributed by atoms with Crippen LogP contribution in [0.2, 0.25) is 0 Å². The number of benzene rings is 1. The van der Waals surface area contributed by atoms with E-state index in [0.29, 0.717) is 0 Å². The van der Waals surface area contributed by atoms with Gasteiger partial charge in [-0.2, -0.15) is 5.26 Å². The van der Waals surface area contributed by atoms with Crippen LogP contribution in [-0.2, 0) is 4.79 Å². The largest absolute Gasteiger partial charge is 0.321 e. The number of pyridine rings is 1. The van der Waals surface area contributed by atoms with Crippen LogP contribution in [0, 0.1) is 25.2 Å². The Labute approximate surface area is 123 Å². The lowest BCUT2D eigenvalue weighted by Gasteiger charge is -2.09. The molecule has 0 radical (unpaired) electrons. The van der Waals surface area contributed by atoms with E-state index in [1.165, 1.54) is 0 Å². The second-order valence-electron chi connectivity index (χ2n) is 4.65. The van der Waals surface area contributed by atoms with Gasteiger partial charge in [-0.25, -0.2) is 0 Å². The molecule has 1 aromatic carbocycles. The summed E-state index contributed by atoms with van der Waals surface area (Å²) in [4.78, 5) is 16.1. The number of rotatable bonds is 3. The SMILES string of the molecule is Cc1cccc(NC(=O)/C(C#N)=C/c2ccncc2)c1C. The number of hydrogen-bond acceptors (Lipinski definition) is 3. The van der Waals surface area contributed by atoms with E-state index in [2.05, 4.69) is 10.3 Å². The minimum atomic E-state index is -0.414. The van der Waals surface area contributed by atoms with Crippen molar-refractivity contribution < 1.29 is 4.79 Å². The van der Waals surface area contributed by atoms with Crippen LogP contribution in [0.1, 0.15) is 16.7 Å². The van der Waals surface area contributed by atoms with Crippen LogP contribution < -0.4 is 5.32 Å². The highest BCUT2D eigenvalue weighted by atomic mass is 16.1. The van der Waals surface area contributed by atoms with Crippen molar-refractivity contribution in [3.63, 3.8) is 0 Å². The fourth-order valence-corrected chi connectivity index (χ4v) is 1.85. The predicted octanol–water partition coefficient (Wildman–Crippen LogP) is 3.24. The lowest BCUT2D eigenvalue weighted by molar-refractivity contribution is -0.112. The third-order valence-electron chi connectivity index (χ3n) is 3.24. The number of carbonyl (C=O) groups is 1. The lowest BCUT2D eigenvalue weighted by Crippen LogP contribution is -2.14. The van der Waals surface area contributed by atoms with E-state index < -0.39 is 5.91 Å². The van der Waals surface area contributed by atoms with Gasteiger partial charge in [-0.1, -0.05) is 12.1 Å². The summed E-state index contributed by atoms with van der Waals surface area (Å²) >= 11 is 0. The molecule has 2 rings (SSSR count). The fourth-order valence-electron chi connectivity index (χ4n) is 1.85. The van der Waals surface area contributed by atoms with Gasteiger partial charge < -0.3 is 5.32 Å². The Morgan fingerprint density at radius 3 is 2.62 bits per heavy atom. The molecule has 2 aromatic rings. The monoisotopic (exact) mass is 277 g/mol. The number of aromatic nitrogens is 1. The smallest absolute Gasteiger partial charge is 0.266 e. The van der Waals surface area contributed by atoms with E-state index in [1.54, 1.807) is 30.6 Å². The lowest BCUT2D eigenvalue weighted by atomic mass is 10.1. The summed E-state index contributed by atoms with van der Waals surface area (Å²) in [5.74, 6) is -0.414. The molecule has 21 heavy (non-hydrogen) atoms. The topological polar surface area (TPSA) is 65.8 Å². The van der Waals surface area contributed by atoms with Gasteiger partial charge in [-0.15, -0.1) is 0 Å². The molecule has 1 aromatic heterocycles. The summed E-state index contributed by atoms with van der Waals surface area (Å²) < 4.78 is 0. The van der Waals surface area contributed by atoms with Gasteiger partial charge in [-0.05, 0) is 54.8 Å². The van der Waals surface area contributed by atoms with Crippen LogP contribution in [0.4, 0.5) is 5.69 Å². The maximum Gasteiger partial charge on any atom is 0.266 e. The van der Waals surface area contributed by atoms with Crippen molar-refractivity contribution in [2.24, 2.45) is 0 Å². The molecule has 0 saturated heterocycles. The number of hydrogen-bond donors (Lipinski definition) is 1. The summed E-state index contributed by atoms with van der Waals surface area (Å²) in [5.41, 5.74) is 3.62. The first-order valence-corrected chi connectivity index (χ1v) is 6.51. The number of nitrogens with zero attached hydrogens (tertiary/aromatic N) is 2. The molecular formula is C17H15N3O. The summed E-state index contributed by atoms with van der Waals surface area (Å²) in [6, 6.07) is 11.1. The zero-order valence-corrected chi connectivity index (χ0v) is 11.9. The molecule has 4 heteroatoms. The number of amides is 1. The fraction of sp³-hybridized carbons (Fsp3) is 0.118. The highest BCUT2D eigenvalue weighted by Gasteiger charge is 2.11. The molecule has 0 aliphatic heterocycles. The molecule has 1 amide bonds. The van der Waals surface area contributed by atoms with Gasteiger partial charge in [0.25, 0.3) is 5.91 Å². The Hall–Kier alpha value is -2.93. The van der Waals surface area contributed by atoms with Crippen molar-refractivity contribution >= 4 is 17.7 Å². The van der Waals surface area contributed by atoms with Crippen molar-refractivity contribution in [3.8, 4) is 6.07 Å². The second-order valence-corrected chi connectivity index (χ2v) is 4.65. The van der Waals surface area contributed by atoms with Gasteiger partial charge in [0.2, 0.25) is 0 Å². The molecule has 0 saturated carbocycles. The van der Waals surface area contributed by atoms with Gasteiger partial charge in [0, 0.05) is 18.1 Å². The summed E-state index contributed by atoms with van der Waals surface area (Å²) in [5, 5.41) is 11.9. The zero-order valence-electron chi connectivity index (χ0n) is 11.9. The Kier molecular flexibility index (Phi) is 4.47. The van der Waals surface area contributed by atoms with E-state index in [0.717, 1.165) is 22.4 Å². The average molecular weight is 277 g/mol. The van der Waals surface area contributed by atoms with Crippen molar-refractivity contribution in [1.29, 1.82) is 5.26 Å². The first kappa shape index (κ1) is 14.5. The van der Waals surface area contributed by atoms with Crippen LogP contribution in [-0.4, -0.2) is 10.9 Å². The summed E-state index contributed by atoms with van der Waals surface area (Å²) in [7, 11) is 0. The number of carbonyl (C=O) groups excluding carboxylic acids is 1. The third-order valence-corrected chi connectivity index (χ3v) is 3.24. The van der Waals surface area contributed by atoms with E-state index in [1.807, 2.05) is 38.1 Å². The first-order chi connectivity index (χ1) is 10.1. The van der Waals surface area contributed by atoms with Gasteiger partial charge in [0.15, 0.2) is 0 Å². The van der Waals surface area contributed by atoms with Gasteiger partial charge in [0.05, 0.1) is 0 Å². The van der Waals surface area contributed by atoms with Gasteiger partial charge in [0.1, 0.15) is 11.6 Å². The molecule has 0 aliphatic carbocycles. The highest BCUT2D eigenvalue weighted by molar-refractivity contribution is 6.10. The molecular weight excluding hydrogens is 262 g/mol. The molecule has 104 valence electrons. The molecule has 4 nitrogen and oxygen atoms in total. The van der Waals surface area contributed by atoms with Crippen LogP contribution in [0.25, 0.3) is 6.08 Å². The van der Waals surface area contributed by atoms with Crippen molar-refractivity contribution in [2.75, 3.05) is 5.32 Å². The highest BCUT2D eigenvalue weighted by Crippen LogP contribution is 2.19. The van der Waals surface area contributed by atoms with Crippen molar-refractivity contribution in [2.45, 2.75) is 13.8 Å². The molecule has 0 aliphatic rings. The van der Waals surface area contributed by atoms with Gasteiger partial charge in [-0.3, -0.25) is 9.78 Å². The summed E-state index contributed by atoms with van der Waals surface area (Å²) in [6.45, 7) is 3.91. The van der Waals surface area contributed by atoms with Crippen molar-refractivity contribution in [1.82, 2.24) is 4.98 Å². The Balaban J connectivity index is 2.24. The van der Waals surface area contributed by atoms with Crippen LogP contribution >= 0.6 is 0 Å². The summed E-state index contributed by atoms with van der Waals surface area (Å²) in [6.07, 6.45) is 4.77. The number of nitrogens with one attached hydrogen (secondary N) is 1. The van der Waals surface area contributed by atoms with E-state index in [-0.39, 0.29) is 5.57 Å². The third kappa shape index (κ3) is 3.54. The Morgan fingerprint density at radius 1 is 1.24 bits per heavy atom. The quantitative estimate of drug-likeness (QED) is 0.691. The number of anilines is 1. The Bertz CT molecular complexity index is 727. The average Bonchev–Trinajstić information content (AvgIpc) is 2.50. The standard InChI is InChI=1S/C17H15N3O/c1-12-4-3-5-16(13(12)2)20-17(21)15(11-18)10-14-6-8-19-9-7-14/h3-10H,1-2H3,(H,20,21)/b15-10+. The van der Waals surface area contributed by atoms with Crippen LogP contribution in [0.5, 0.6) is 0 Å². The van der Waals surface area contributed by atoms with Gasteiger partial charge >= 0.3 is 0 Å². The second kappa shape index (κ2) is 6.49. The molecule has 0 atom stereocenters. The van der Waals surface area contributed by atoms with E-state index in [4.69, 9.17) is 5.26 Å². The molecule has 0 unspecified atom stereocenters. The maximum atomic E-state index is 12.2. The zero-order chi connectivity index (χ0) is 15.2. The molecule has 0 fully saturated rings. The first-order valence-electron chi connectivity index (χ1n) is 6.51. The number of nitriles is 1. The Morgan fingerprint density at radius 2 is 1.95 bits per heavy atom. The van der Waals surface area contributed by atoms with Crippen LogP contribution in [0.15, 0.2) is 48.3 Å². The molecule has 0 bridgehead atoms. The minimum absolute atomic E-state index is 0.0575. The molecule has 0 spiro atoms. The van der Waals surface area contributed by atoms with Crippen molar-refractivity contribution in [3.05, 3.63) is 65.0 Å². The van der Waals surface area contributed by atoms with Crippen LogP contribution in [0.3, 0.4) is 0 Å². The normalized spacial score (nSPS) is 10.8. The predicted molar refractivity (Wildman–Crippen MR) is 82.4 cm³/mol. The van der Waals surface area contributed by atoms with E-state index in [9.17, 15) is 4.79 Å². The maximum absolute atomic E-state index is 12.2.